The molecule has 0 radical (unpaired) electrons. The fourth-order valence-electron chi connectivity index (χ4n) is 0.0713. The minimum absolute atomic E-state index is 0.653. The average molecular weight is 218 g/mol. The van der Waals surface area contributed by atoms with Gasteiger partial charge in [-0.05, 0) is 6.92 Å². The molecular weight excluding hydrogens is 209 g/mol. The Morgan fingerprint density at radius 3 is 1.64 bits per heavy atom. The summed E-state index contributed by atoms with van der Waals surface area (Å²) in [6.07, 6.45) is -5.08. The fourth-order valence-corrected chi connectivity index (χ4v) is 0.0713. The van der Waals surface area contributed by atoms with Crippen LogP contribution in [0.3, 0.4) is 0 Å². The van der Waals surface area contributed by atoms with Crippen LogP contribution < -0.4 is 11.3 Å². The van der Waals surface area contributed by atoms with Gasteiger partial charge in [0.15, 0.2) is 0 Å². The van der Waals surface area contributed by atoms with E-state index in [4.69, 9.17) is 20.9 Å². The van der Waals surface area contributed by atoms with Crippen molar-refractivity contribution in [2.45, 2.75) is 19.1 Å². The number of carboxylic acids is 2. The number of hydrazine groups is 1. The third kappa shape index (κ3) is 8.74. The van der Waals surface area contributed by atoms with Gasteiger partial charge in [-0.25, -0.2) is 10.2 Å². The zero-order valence-electron chi connectivity index (χ0n) is 7.00. The highest BCUT2D eigenvalue weighted by Crippen LogP contribution is 2.13. The van der Waals surface area contributed by atoms with E-state index in [-0.39, 0.29) is 0 Å². The van der Waals surface area contributed by atoms with Gasteiger partial charge in [-0.2, -0.15) is 13.2 Å². The van der Waals surface area contributed by atoms with Gasteiger partial charge in [0, 0.05) is 0 Å². The fraction of sp³-hybridized carbons (Fsp3) is 0.600. The van der Waals surface area contributed by atoms with Gasteiger partial charge in [0.25, 0.3) is 0 Å². The van der Waals surface area contributed by atoms with Crippen LogP contribution in [-0.2, 0) is 9.59 Å². The Morgan fingerprint density at radius 2 is 1.64 bits per heavy atom. The van der Waals surface area contributed by atoms with Crippen molar-refractivity contribution in [1.29, 1.82) is 0 Å². The summed E-state index contributed by atoms with van der Waals surface area (Å²) in [6.45, 7) is 1.46. The Labute approximate surface area is 76.5 Å². The van der Waals surface area contributed by atoms with Crippen molar-refractivity contribution in [3.8, 4) is 0 Å². The molecular formula is C5H9F3N2O4. The van der Waals surface area contributed by atoms with Crippen LogP contribution in [0.4, 0.5) is 13.2 Å². The lowest BCUT2D eigenvalue weighted by Crippen LogP contribution is -2.38. The molecule has 0 unspecified atom stereocenters. The first-order chi connectivity index (χ1) is 6.12. The Morgan fingerprint density at radius 1 is 1.36 bits per heavy atom. The summed E-state index contributed by atoms with van der Waals surface area (Å²) in [5, 5.41) is 15.2. The van der Waals surface area contributed by atoms with Gasteiger partial charge in [-0.15, -0.1) is 0 Å². The van der Waals surface area contributed by atoms with Crippen molar-refractivity contribution in [1.82, 2.24) is 5.43 Å². The lowest BCUT2D eigenvalue weighted by Gasteiger charge is -1.99. The Kier molecular flexibility index (Phi) is 6.66. The van der Waals surface area contributed by atoms with Gasteiger partial charge in [-0.1, -0.05) is 0 Å². The van der Waals surface area contributed by atoms with Crippen LogP contribution in [0.25, 0.3) is 0 Å². The topological polar surface area (TPSA) is 113 Å². The third-order valence-electron chi connectivity index (χ3n) is 0.863. The SMILES string of the molecule is C[C@@H](NN)C(=O)O.O=C(O)C(F)(F)F. The van der Waals surface area contributed by atoms with E-state index < -0.39 is 24.2 Å². The molecule has 0 saturated carbocycles. The van der Waals surface area contributed by atoms with Gasteiger partial charge < -0.3 is 10.2 Å². The maximum atomic E-state index is 10.6. The minimum atomic E-state index is -5.08. The summed E-state index contributed by atoms with van der Waals surface area (Å²) in [4.78, 5) is 18.7. The maximum absolute atomic E-state index is 10.6. The van der Waals surface area contributed by atoms with Crippen LogP contribution >= 0.6 is 0 Å². The number of aliphatic carboxylic acids is 2. The van der Waals surface area contributed by atoms with Gasteiger partial charge in [0.1, 0.15) is 6.04 Å². The van der Waals surface area contributed by atoms with Crippen molar-refractivity contribution >= 4 is 11.9 Å². The Balaban J connectivity index is 0. The van der Waals surface area contributed by atoms with E-state index >= 15 is 0 Å². The predicted molar refractivity (Wildman–Crippen MR) is 38.1 cm³/mol. The van der Waals surface area contributed by atoms with E-state index in [2.05, 4.69) is 5.43 Å². The third-order valence-corrected chi connectivity index (χ3v) is 0.863. The molecule has 0 fully saturated rings. The zero-order valence-corrected chi connectivity index (χ0v) is 7.00. The summed E-state index contributed by atoms with van der Waals surface area (Å²) in [5.41, 5.74) is 2.06. The minimum Gasteiger partial charge on any atom is -0.480 e. The molecule has 9 heteroatoms. The summed E-state index contributed by atoms with van der Waals surface area (Å²) in [5.74, 6) is 1.04. The van der Waals surface area contributed by atoms with Gasteiger partial charge in [-0.3, -0.25) is 10.6 Å². The van der Waals surface area contributed by atoms with E-state index in [1.807, 2.05) is 0 Å². The molecule has 0 aliphatic heterocycles. The van der Waals surface area contributed by atoms with Crippen LogP contribution in [0, 0.1) is 0 Å². The van der Waals surface area contributed by atoms with Crippen molar-refractivity contribution in [3.63, 3.8) is 0 Å². The zero-order chi connectivity index (χ0) is 11.9. The van der Waals surface area contributed by atoms with E-state index in [0.717, 1.165) is 0 Å². The second-order valence-electron chi connectivity index (χ2n) is 2.03. The van der Waals surface area contributed by atoms with Crippen molar-refractivity contribution < 1.29 is 33.0 Å². The quantitative estimate of drug-likeness (QED) is 0.369. The second kappa shape index (κ2) is 6.16. The molecule has 6 nitrogen and oxygen atoms in total. The number of hydrogen-bond donors (Lipinski definition) is 4. The largest absolute Gasteiger partial charge is 0.490 e. The molecule has 0 aromatic rings. The normalized spacial score (nSPS) is 12.4. The number of hydrogen-bond acceptors (Lipinski definition) is 4. The summed E-state index contributed by atoms with van der Waals surface area (Å²) in [6, 6.07) is -0.653. The molecule has 84 valence electrons. The van der Waals surface area contributed by atoms with Crippen LogP contribution in [-0.4, -0.2) is 34.4 Å². The lowest BCUT2D eigenvalue weighted by atomic mass is 10.4. The highest BCUT2D eigenvalue weighted by molar-refractivity contribution is 5.73. The van der Waals surface area contributed by atoms with Gasteiger partial charge in [0.2, 0.25) is 0 Å². The first-order valence-electron chi connectivity index (χ1n) is 3.12. The molecule has 0 heterocycles. The van der Waals surface area contributed by atoms with Crippen LogP contribution in [0.15, 0.2) is 0 Å². The van der Waals surface area contributed by atoms with Crippen LogP contribution in [0.5, 0.6) is 0 Å². The smallest absolute Gasteiger partial charge is 0.480 e. The molecule has 14 heavy (non-hydrogen) atoms. The summed E-state index contributed by atoms with van der Waals surface area (Å²) >= 11 is 0. The van der Waals surface area contributed by atoms with Gasteiger partial charge >= 0.3 is 18.1 Å². The van der Waals surface area contributed by atoms with E-state index in [9.17, 15) is 18.0 Å². The number of nitrogens with two attached hydrogens (primary N) is 1. The number of halogens is 3. The number of carbonyl (C=O) groups is 2. The standard InChI is InChI=1S/C3H8N2O2.C2HF3O2/c1-2(5-4)3(6)7;3-2(4,5)1(6)7/h2,5H,4H2,1H3,(H,6,7);(H,6,7)/t2-;/m1./s1. The monoisotopic (exact) mass is 218 g/mol. The molecule has 0 aliphatic rings. The molecule has 0 aromatic heterocycles. The summed E-state index contributed by atoms with van der Waals surface area (Å²) < 4.78 is 31.7. The highest BCUT2D eigenvalue weighted by Gasteiger charge is 2.38. The maximum Gasteiger partial charge on any atom is 0.490 e. The molecule has 0 aliphatic carbocycles. The van der Waals surface area contributed by atoms with Gasteiger partial charge in [0.05, 0.1) is 0 Å². The highest BCUT2D eigenvalue weighted by atomic mass is 19.4. The van der Waals surface area contributed by atoms with Crippen molar-refractivity contribution in [2.75, 3.05) is 0 Å². The first kappa shape index (κ1) is 15.1. The number of carboxylic acid groups (broad SMARTS) is 2. The average Bonchev–Trinajstić information content (AvgIpc) is 2.02. The summed E-state index contributed by atoms with van der Waals surface area (Å²) in [7, 11) is 0. The number of alkyl halides is 3. The Bertz CT molecular complexity index is 206. The number of nitrogens with one attached hydrogen (secondary N) is 1. The number of rotatable bonds is 2. The molecule has 0 rings (SSSR count). The van der Waals surface area contributed by atoms with E-state index in [1.54, 1.807) is 0 Å². The van der Waals surface area contributed by atoms with Crippen LogP contribution in [0.2, 0.25) is 0 Å². The second-order valence-corrected chi connectivity index (χ2v) is 2.03. The van der Waals surface area contributed by atoms with Crippen LogP contribution in [0.1, 0.15) is 6.92 Å². The first-order valence-corrected chi connectivity index (χ1v) is 3.12. The van der Waals surface area contributed by atoms with E-state index in [1.165, 1.54) is 6.92 Å². The molecule has 1 atom stereocenters. The van der Waals surface area contributed by atoms with Crippen molar-refractivity contribution in [2.24, 2.45) is 5.84 Å². The molecule has 5 N–H and O–H groups in total. The molecule has 0 amide bonds. The van der Waals surface area contributed by atoms with Crippen molar-refractivity contribution in [3.05, 3.63) is 0 Å². The molecule has 0 spiro atoms. The Hall–Kier alpha value is -1.35. The lowest BCUT2D eigenvalue weighted by molar-refractivity contribution is -0.192. The predicted octanol–water partition coefficient (Wildman–Crippen LogP) is -0.444. The van der Waals surface area contributed by atoms with E-state index in [0.29, 0.717) is 0 Å². The molecule has 0 saturated heterocycles. The molecule has 0 bridgehead atoms. The molecule has 0 aromatic carbocycles.